The number of pyridine rings is 1. The predicted octanol–water partition coefficient (Wildman–Crippen LogP) is 2.62. The van der Waals surface area contributed by atoms with Crippen molar-refractivity contribution in [2.24, 2.45) is 0 Å². The van der Waals surface area contributed by atoms with Gasteiger partial charge in [-0.3, -0.25) is 4.98 Å². The van der Waals surface area contributed by atoms with Crippen LogP contribution >= 0.6 is 0 Å². The van der Waals surface area contributed by atoms with E-state index in [2.05, 4.69) is 37.7 Å². The van der Waals surface area contributed by atoms with Crippen molar-refractivity contribution in [1.82, 2.24) is 29.6 Å². The Labute approximate surface area is 161 Å². The summed E-state index contributed by atoms with van der Waals surface area (Å²) in [5, 5.41) is 14.4. The number of nitriles is 1. The van der Waals surface area contributed by atoms with Gasteiger partial charge in [-0.2, -0.15) is 10.2 Å². The number of likely N-dealkylation sites (N-methyl/N-ethyl adjacent to an activating group) is 1. The van der Waals surface area contributed by atoms with Gasteiger partial charge in [-0.15, -0.1) is 0 Å². The third-order valence-corrected chi connectivity index (χ3v) is 5.34. The second kappa shape index (κ2) is 6.39. The number of imidazole rings is 1. The van der Waals surface area contributed by atoms with Gasteiger partial charge in [0.2, 0.25) is 5.89 Å². The molecule has 28 heavy (non-hydrogen) atoms. The average Bonchev–Trinajstić information content (AvgIpc) is 3.39. The lowest BCUT2D eigenvalue weighted by molar-refractivity contribution is 0.385. The number of aryl methyl sites for hydroxylation is 1. The van der Waals surface area contributed by atoms with Crippen LogP contribution < -0.4 is 0 Å². The van der Waals surface area contributed by atoms with Crippen LogP contribution in [0.5, 0.6) is 0 Å². The van der Waals surface area contributed by atoms with E-state index in [9.17, 15) is 5.26 Å². The van der Waals surface area contributed by atoms with Crippen molar-refractivity contribution in [3.63, 3.8) is 0 Å². The van der Waals surface area contributed by atoms with Crippen molar-refractivity contribution in [2.45, 2.75) is 25.8 Å². The summed E-state index contributed by atoms with van der Waals surface area (Å²) < 4.78 is 7.44. The first kappa shape index (κ1) is 16.8. The normalized spacial score (nSPS) is 17.5. The zero-order valence-corrected chi connectivity index (χ0v) is 15.8. The van der Waals surface area contributed by atoms with Crippen LogP contribution in [0.25, 0.3) is 21.9 Å². The maximum Gasteiger partial charge on any atom is 0.223 e. The first-order valence-corrected chi connectivity index (χ1v) is 9.30. The first-order chi connectivity index (χ1) is 13.6. The quantitative estimate of drug-likeness (QED) is 0.544. The third kappa shape index (κ3) is 2.72. The number of rotatable bonds is 3. The maximum atomic E-state index is 9.36. The third-order valence-electron chi connectivity index (χ3n) is 5.34. The number of fused-ring (bicyclic) bond motifs is 3. The number of hydrogen-bond donors (Lipinski definition) is 0. The molecule has 1 atom stereocenters. The molecule has 1 aliphatic rings. The van der Waals surface area contributed by atoms with Gasteiger partial charge in [-0.1, -0.05) is 5.16 Å². The van der Waals surface area contributed by atoms with Crippen molar-refractivity contribution in [3.8, 4) is 6.07 Å². The molecule has 140 valence electrons. The van der Waals surface area contributed by atoms with Crippen molar-refractivity contribution in [3.05, 3.63) is 47.5 Å². The molecule has 8 nitrogen and oxygen atoms in total. The highest BCUT2D eigenvalue weighted by Gasteiger charge is 2.27. The summed E-state index contributed by atoms with van der Waals surface area (Å²) in [6.07, 6.45) is 3.34. The van der Waals surface area contributed by atoms with Gasteiger partial charge in [0.05, 0.1) is 35.3 Å². The summed E-state index contributed by atoms with van der Waals surface area (Å²) in [6, 6.07) is 8.13. The highest BCUT2D eigenvalue weighted by atomic mass is 16.5. The Morgan fingerprint density at radius 2 is 2.18 bits per heavy atom. The Morgan fingerprint density at radius 1 is 1.29 bits per heavy atom. The molecule has 1 aromatic carbocycles. The van der Waals surface area contributed by atoms with E-state index in [-0.39, 0.29) is 0 Å². The Balaban J connectivity index is 1.76. The van der Waals surface area contributed by atoms with Crippen molar-refractivity contribution >= 4 is 21.9 Å². The fourth-order valence-electron chi connectivity index (χ4n) is 4.09. The molecule has 5 rings (SSSR count). The molecule has 8 heteroatoms. The van der Waals surface area contributed by atoms with E-state index in [1.165, 1.54) is 0 Å². The van der Waals surface area contributed by atoms with E-state index in [0.29, 0.717) is 29.7 Å². The summed E-state index contributed by atoms with van der Waals surface area (Å²) in [5.41, 5.74) is 3.33. The fourth-order valence-corrected chi connectivity index (χ4v) is 4.09. The number of hydrogen-bond acceptors (Lipinski definition) is 7. The van der Waals surface area contributed by atoms with E-state index in [1.54, 1.807) is 13.0 Å². The van der Waals surface area contributed by atoms with Crippen LogP contribution in [0, 0.1) is 18.3 Å². The topological polar surface area (TPSA) is 96.7 Å². The van der Waals surface area contributed by atoms with Crippen LogP contribution in [0.4, 0.5) is 0 Å². The summed E-state index contributed by atoms with van der Waals surface area (Å²) >= 11 is 0. The molecule has 1 fully saturated rings. The van der Waals surface area contributed by atoms with Crippen LogP contribution in [-0.2, 0) is 6.42 Å². The van der Waals surface area contributed by atoms with Gasteiger partial charge in [0.1, 0.15) is 11.3 Å². The van der Waals surface area contributed by atoms with Crippen molar-refractivity contribution < 1.29 is 4.52 Å². The lowest BCUT2D eigenvalue weighted by Crippen LogP contribution is -2.18. The SMILES string of the molecule is Cc1nc(Cc2nc3cnc4ccc(C#N)cc4c3n2[C@@H]2CCN(C)C2)no1. The minimum Gasteiger partial charge on any atom is -0.340 e. The fraction of sp³-hybridized carbons (Fsp3) is 0.350. The molecule has 0 amide bonds. The van der Waals surface area contributed by atoms with Crippen LogP contribution in [0.15, 0.2) is 28.9 Å². The largest absolute Gasteiger partial charge is 0.340 e. The maximum absolute atomic E-state index is 9.36. The molecule has 0 unspecified atom stereocenters. The van der Waals surface area contributed by atoms with E-state index in [1.807, 2.05) is 18.3 Å². The Hall–Kier alpha value is -3.31. The van der Waals surface area contributed by atoms with Gasteiger partial charge in [0.25, 0.3) is 0 Å². The van der Waals surface area contributed by atoms with Crippen LogP contribution in [0.3, 0.4) is 0 Å². The Bertz CT molecular complexity index is 1230. The number of nitrogens with zero attached hydrogens (tertiary/aromatic N) is 7. The summed E-state index contributed by atoms with van der Waals surface area (Å²) in [4.78, 5) is 16.1. The molecular formula is C20H19N7O. The van der Waals surface area contributed by atoms with Crippen LogP contribution in [-0.4, -0.2) is 49.7 Å². The second-order valence-corrected chi connectivity index (χ2v) is 7.34. The molecule has 0 bridgehead atoms. The molecule has 0 aliphatic carbocycles. The van der Waals surface area contributed by atoms with Crippen molar-refractivity contribution in [2.75, 3.05) is 20.1 Å². The molecule has 0 N–H and O–H groups in total. The minimum absolute atomic E-state index is 0.300. The number of aromatic nitrogens is 5. The van der Waals surface area contributed by atoms with E-state index < -0.39 is 0 Å². The smallest absolute Gasteiger partial charge is 0.223 e. The Kier molecular flexibility index (Phi) is 3.84. The Morgan fingerprint density at radius 3 is 2.89 bits per heavy atom. The molecule has 0 spiro atoms. The summed E-state index contributed by atoms with van der Waals surface area (Å²) in [7, 11) is 2.13. The van der Waals surface area contributed by atoms with Gasteiger partial charge in [0, 0.05) is 24.9 Å². The molecule has 4 heterocycles. The van der Waals surface area contributed by atoms with E-state index in [0.717, 1.165) is 47.3 Å². The molecule has 1 saturated heterocycles. The van der Waals surface area contributed by atoms with Gasteiger partial charge in [-0.05, 0) is 38.2 Å². The average molecular weight is 373 g/mol. The minimum atomic E-state index is 0.300. The molecule has 0 saturated carbocycles. The molecule has 0 radical (unpaired) electrons. The standard InChI is InChI=1S/C20H19N7O/c1-12-23-18(25-28-12)8-19-24-17-10-22-16-4-3-13(9-21)7-15(16)20(17)27(19)14-5-6-26(2)11-14/h3-4,7,10,14H,5-6,8,11H2,1-2H3/t14-/m1/s1. The number of likely N-dealkylation sites (tertiary alicyclic amines) is 1. The zero-order valence-electron chi connectivity index (χ0n) is 15.8. The molecule has 4 aromatic rings. The monoisotopic (exact) mass is 373 g/mol. The second-order valence-electron chi connectivity index (χ2n) is 7.34. The zero-order chi connectivity index (χ0) is 19.3. The molecule has 3 aromatic heterocycles. The van der Waals surface area contributed by atoms with Gasteiger partial charge in [-0.25, -0.2) is 4.98 Å². The van der Waals surface area contributed by atoms with Crippen LogP contribution in [0.2, 0.25) is 0 Å². The van der Waals surface area contributed by atoms with E-state index in [4.69, 9.17) is 9.51 Å². The van der Waals surface area contributed by atoms with Crippen LogP contribution in [0.1, 0.15) is 35.6 Å². The van der Waals surface area contributed by atoms with E-state index >= 15 is 0 Å². The van der Waals surface area contributed by atoms with Gasteiger partial charge >= 0.3 is 0 Å². The van der Waals surface area contributed by atoms with Gasteiger partial charge < -0.3 is 14.0 Å². The highest BCUT2D eigenvalue weighted by Crippen LogP contribution is 2.32. The summed E-state index contributed by atoms with van der Waals surface area (Å²) in [5.74, 6) is 2.06. The molecular weight excluding hydrogens is 354 g/mol. The summed E-state index contributed by atoms with van der Waals surface area (Å²) in [6.45, 7) is 3.77. The number of benzene rings is 1. The lowest BCUT2D eigenvalue weighted by atomic mass is 10.1. The predicted molar refractivity (Wildman–Crippen MR) is 103 cm³/mol. The van der Waals surface area contributed by atoms with Gasteiger partial charge in [0.15, 0.2) is 5.82 Å². The highest BCUT2D eigenvalue weighted by molar-refractivity contribution is 6.02. The van der Waals surface area contributed by atoms with Crippen molar-refractivity contribution in [1.29, 1.82) is 5.26 Å². The lowest BCUT2D eigenvalue weighted by Gasteiger charge is -2.17. The molecule has 1 aliphatic heterocycles. The first-order valence-electron chi connectivity index (χ1n) is 9.30.